The van der Waals surface area contributed by atoms with E-state index >= 15 is 0 Å². The summed E-state index contributed by atoms with van der Waals surface area (Å²) in [4.78, 5) is 29.3. The van der Waals surface area contributed by atoms with Crippen molar-refractivity contribution in [1.29, 1.82) is 0 Å². The van der Waals surface area contributed by atoms with Crippen molar-refractivity contribution < 1.29 is 14.3 Å². The molecule has 1 aromatic carbocycles. The van der Waals surface area contributed by atoms with Gasteiger partial charge in [0.05, 0.1) is 6.54 Å². The van der Waals surface area contributed by atoms with Crippen LogP contribution in [0.5, 0.6) is 11.8 Å². The maximum atomic E-state index is 12.0. The van der Waals surface area contributed by atoms with E-state index in [1.165, 1.54) is 6.42 Å². The van der Waals surface area contributed by atoms with Crippen molar-refractivity contribution in [2.24, 2.45) is 0 Å². The highest BCUT2D eigenvalue weighted by Crippen LogP contribution is 2.22. The summed E-state index contributed by atoms with van der Waals surface area (Å²) in [5, 5.41) is 3.39. The minimum Gasteiger partial charge on any atom is -0.484 e. The van der Waals surface area contributed by atoms with Crippen LogP contribution in [0.1, 0.15) is 24.8 Å². The Kier molecular flexibility index (Phi) is 8.11. The van der Waals surface area contributed by atoms with Gasteiger partial charge in [0.2, 0.25) is 11.9 Å². The largest absolute Gasteiger partial charge is 0.484 e. The summed E-state index contributed by atoms with van der Waals surface area (Å²) < 4.78 is 11.2. The minimum atomic E-state index is -0.239. The van der Waals surface area contributed by atoms with Crippen molar-refractivity contribution in [2.45, 2.75) is 26.2 Å². The van der Waals surface area contributed by atoms with Gasteiger partial charge in [-0.3, -0.25) is 4.79 Å². The van der Waals surface area contributed by atoms with E-state index in [4.69, 9.17) is 21.1 Å². The van der Waals surface area contributed by atoms with Gasteiger partial charge in [0, 0.05) is 32.2 Å². The molecule has 3 rings (SSSR count). The average molecular weight is 449 g/mol. The van der Waals surface area contributed by atoms with Crippen LogP contribution in [0.2, 0.25) is 5.02 Å². The number of aryl methyl sites for hydroxylation is 1. The number of rotatable bonds is 9. The summed E-state index contributed by atoms with van der Waals surface area (Å²) in [6.07, 6.45) is 3.48. The molecule has 0 spiro atoms. The first kappa shape index (κ1) is 22.9. The van der Waals surface area contributed by atoms with Crippen LogP contribution >= 0.6 is 11.6 Å². The fourth-order valence-electron chi connectivity index (χ4n) is 3.14. The van der Waals surface area contributed by atoms with Crippen LogP contribution in [0.25, 0.3) is 0 Å². The second-order valence-electron chi connectivity index (χ2n) is 7.56. The Morgan fingerprint density at radius 1 is 1.16 bits per heavy atom. The third-order valence-electron chi connectivity index (χ3n) is 4.78. The molecule has 1 N–H and O–H groups in total. The van der Waals surface area contributed by atoms with E-state index in [0.29, 0.717) is 29.2 Å². The standard InChI is InChI=1S/C21H29ClN6O3/c1-15-13-16(22)7-8-17(15)31-14-18(29)23-9-12-30-21-25-19(27(2)3)24-20(26-21)28-10-5-4-6-11-28/h7-8,13H,4-6,9-12,14H2,1-3H3,(H,23,29). The summed E-state index contributed by atoms with van der Waals surface area (Å²) in [5.41, 5.74) is 0.875. The Morgan fingerprint density at radius 3 is 2.65 bits per heavy atom. The molecule has 2 heterocycles. The first-order valence-corrected chi connectivity index (χ1v) is 10.8. The highest BCUT2D eigenvalue weighted by Gasteiger charge is 2.17. The number of carbonyl (C=O) groups is 1. The van der Waals surface area contributed by atoms with Crippen LogP contribution in [-0.4, -0.2) is 67.8 Å². The van der Waals surface area contributed by atoms with Gasteiger partial charge in [-0.2, -0.15) is 15.0 Å². The van der Waals surface area contributed by atoms with Crippen LogP contribution in [0.4, 0.5) is 11.9 Å². The van der Waals surface area contributed by atoms with Crippen LogP contribution in [0.3, 0.4) is 0 Å². The van der Waals surface area contributed by atoms with E-state index in [-0.39, 0.29) is 25.1 Å². The Balaban J connectivity index is 1.48. The number of amides is 1. The summed E-state index contributed by atoms with van der Waals surface area (Å²) in [6, 6.07) is 5.51. The third-order valence-corrected chi connectivity index (χ3v) is 5.02. The van der Waals surface area contributed by atoms with E-state index < -0.39 is 0 Å². The molecule has 0 unspecified atom stereocenters. The van der Waals surface area contributed by atoms with Crippen molar-refractivity contribution in [1.82, 2.24) is 20.3 Å². The molecule has 0 saturated carbocycles. The Bertz CT molecular complexity index is 889. The molecule has 9 nitrogen and oxygen atoms in total. The first-order valence-electron chi connectivity index (χ1n) is 10.4. The lowest BCUT2D eigenvalue weighted by Gasteiger charge is -2.27. The van der Waals surface area contributed by atoms with E-state index in [0.717, 1.165) is 31.5 Å². The number of nitrogens with one attached hydrogen (secondary N) is 1. The Morgan fingerprint density at radius 2 is 1.94 bits per heavy atom. The van der Waals surface area contributed by atoms with Crippen LogP contribution in [0.15, 0.2) is 18.2 Å². The molecule has 0 bridgehead atoms. The number of benzene rings is 1. The zero-order chi connectivity index (χ0) is 22.2. The topological polar surface area (TPSA) is 92.7 Å². The fraction of sp³-hybridized carbons (Fsp3) is 0.524. The summed E-state index contributed by atoms with van der Waals surface area (Å²) in [5.74, 6) is 1.56. The quantitative estimate of drug-likeness (QED) is 0.585. The molecule has 1 aliphatic rings. The van der Waals surface area contributed by atoms with Gasteiger partial charge >= 0.3 is 6.01 Å². The number of aromatic nitrogens is 3. The van der Waals surface area contributed by atoms with Gasteiger partial charge < -0.3 is 24.6 Å². The number of piperidine rings is 1. The lowest BCUT2D eigenvalue weighted by Crippen LogP contribution is -2.33. The molecule has 1 saturated heterocycles. The predicted octanol–water partition coefficient (Wildman–Crippen LogP) is 2.46. The summed E-state index contributed by atoms with van der Waals surface area (Å²) in [6.45, 7) is 4.20. The van der Waals surface area contributed by atoms with Gasteiger partial charge in [-0.1, -0.05) is 11.6 Å². The minimum absolute atomic E-state index is 0.0852. The van der Waals surface area contributed by atoms with Crippen molar-refractivity contribution in [3.8, 4) is 11.8 Å². The molecule has 1 aromatic heterocycles. The zero-order valence-corrected chi connectivity index (χ0v) is 19.0. The zero-order valence-electron chi connectivity index (χ0n) is 18.2. The highest BCUT2D eigenvalue weighted by atomic mass is 35.5. The van der Waals surface area contributed by atoms with Gasteiger partial charge in [-0.25, -0.2) is 0 Å². The number of anilines is 2. The van der Waals surface area contributed by atoms with Crippen LogP contribution < -0.4 is 24.6 Å². The van der Waals surface area contributed by atoms with Gasteiger partial charge in [-0.05, 0) is 49.9 Å². The third kappa shape index (κ3) is 6.85. The van der Waals surface area contributed by atoms with Gasteiger partial charge in [0.25, 0.3) is 5.91 Å². The number of halogens is 1. The maximum Gasteiger partial charge on any atom is 0.323 e. The van der Waals surface area contributed by atoms with Gasteiger partial charge in [0.1, 0.15) is 12.4 Å². The number of hydrogen-bond donors (Lipinski definition) is 1. The molecule has 1 fully saturated rings. The van der Waals surface area contributed by atoms with E-state index in [1.807, 2.05) is 25.9 Å². The molecule has 1 amide bonds. The lowest BCUT2D eigenvalue weighted by atomic mass is 10.1. The van der Waals surface area contributed by atoms with Crippen molar-refractivity contribution >= 4 is 29.4 Å². The Hall–Kier alpha value is -2.81. The predicted molar refractivity (Wildman–Crippen MR) is 120 cm³/mol. The van der Waals surface area contributed by atoms with Crippen molar-refractivity contribution in [2.75, 3.05) is 56.7 Å². The Labute approximate surface area is 187 Å². The van der Waals surface area contributed by atoms with Gasteiger partial charge in [0.15, 0.2) is 6.61 Å². The van der Waals surface area contributed by atoms with Crippen LogP contribution in [0, 0.1) is 6.92 Å². The number of hydrogen-bond acceptors (Lipinski definition) is 8. The van der Waals surface area contributed by atoms with Crippen LogP contribution in [-0.2, 0) is 4.79 Å². The SMILES string of the molecule is Cc1cc(Cl)ccc1OCC(=O)NCCOc1nc(N(C)C)nc(N2CCCCC2)n1. The molecular weight excluding hydrogens is 420 g/mol. The molecule has 0 radical (unpaired) electrons. The second-order valence-corrected chi connectivity index (χ2v) is 7.99. The lowest BCUT2D eigenvalue weighted by molar-refractivity contribution is -0.123. The van der Waals surface area contributed by atoms with E-state index in [9.17, 15) is 4.79 Å². The van der Waals surface area contributed by atoms with Crippen molar-refractivity contribution in [3.05, 3.63) is 28.8 Å². The van der Waals surface area contributed by atoms with E-state index in [1.54, 1.807) is 18.2 Å². The average Bonchev–Trinajstić information content (AvgIpc) is 2.76. The monoisotopic (exact) mass is 448 g/mol. The number of ether oxygens (including phenoxy) is 2. The number of nitrogens with zero attached hydrogens (tertiary/aromatic N) is 5. The molecule has 1 aliphatic heterocycles. The maximum absolute atomic E-state index is 12.0. The summed E-state index contributed by atoms with van der Waals surface area (Å²) in [7, 11) is 3.75. The molecule has 0 atom stereocenters. The molecule has 31 heavy (non-hydrogen) atoms. The molecule has 0 aliphatic carbocycles. The molecule has 10 heteroatoms. The normalized spacial score (nSPS) is 13.6. The molecular formula is C21H29ClN6O3. The van der Waals surface area contributed by atoms with Gasteiger partial charge in [-0.15, -0.1) is 0 Å². The molecule has 168 valence electrons. The number of carbonyl (C=O) groups excluding carboxylic acids is 1. The fourth-order valence-corrected chi connectivity index (χ4v) is 3.36. The van der Waals surface area contributed by atoms with E-state index in [2.05, 4.69) is 25.2 Å². The van der Waals surface area contributed by atoms with Crippen molar-refractivity contribution in [3.63, 3.8) is 0 Å². The smallest absolute Gasteiger partial charge is 0.323 e. The molecule has 2 aromatic rings. The second kappa shape index (κ2) is 11.0. The summed E-state index contributed by atoms with van der Waals surface area (Å²) >= 11 is 5.93. The first-order chi connectivity index (χ1) is 14.9. The highest BCUT2D eigenvalue weighted by molar-refractivity contribution is 6.30.